The second-order valence-electron chi connectivity index (χ2n) is 6.84. The number of rotatable bonds is 6. The highest BCUT2D eigenvalue weighted by molar-refractivity contribution is 7.98. The molecule has 0 spiro atoms. The lowest BCUT2D eigenvalue weighted by Crippen LogP contribution is -2.00. The van der Waals surface area contributed by atoms with E-state index in [9.17, 15) is 0 Å². The van der Waals surface area contributed by atoms with Gasteiger partial charge in [-0.1, -0.05) is 55.4 Å². The van der Waals surface area contributed by atoms with Crippen molar-refractivity contribution >= 4 is 23.4 Å². The van der Waals surface area contributed by atoms with Gasteiger partial charge in [0, 0.05) is 16.8 Å². The summed E-state index contributed by atoms with van der Waals surface area (Å²) in [5.74, 6) is 2.41. The minimum Gasteiger partial charge on any atom is -0.439 e. The van der Waals surface area contributed by atoms with Gasteiger partial charge >= 0.3 is 0 Å². The Morgan fingerprint density at radius 1 is 1.00 bits per heavy atom. The molecule has 0 unspecified atom stereocenters. The van der Waals surface area contributed by atoms with Gasteiger partial charge in [-0.25, -0.2) is 4.98 Å². The van der Waals surface area contributed by atoms with Crippen LogP contribution in [-0.4, -0.2) is 9.97 Å². The first-order chi connectivity index (χ1) is 12.9. The minimum absolute atomic E-state index is 0.292. The Bertz CT molecular complexity index is 943. The molecule has 0 aliphatic carbocycles. The molecule has 0 radical (unpaired) electrons. The highest BCUT2D eigenvalue weighted by Gasteiger charge is 2.11. The van der Waals surface area contributed by atoms with Crippen LogP contribution in [0.1, 0.15) is 42.1 Å². The van der Waals surface area contributed by atoms with Gasteiger partial charge in [0.2, 0.25) is 5.88 Å². The van der Waals surface area contributed by atoms with Gasteiger partial charge in [0.1, 0.15) is 5.75 Å². The number of nitrogens with zero attached hydrogens (tertiary/aromatic N) is 2. The Balaban J connectivity index is 1.82. The van der Waals surface area contributed by atoms with E-state index < -0.39 is 0 Å². The van der Waals surface area contributed by atoms with Crippen molar-refractivity contribution in [1.29, 1.82) is 0 Å². The maximum Gasteiger partial charge on any atom is 0.223 e. The monoisotopic (exact) mass is 398 g/mol. The predicted molar refractivity (Wildman–Crippen MR) is 113 cm³/mol. The highest BCUT2D eigenvalue weighted by Crippen LogP contribution is 2.28. The van der Waals surface area contributed by atoms with E-state index in [1.165, 1.54) is 11.1 Å². The number of ether oxygens (including phenoxy) is 1. The van der Waals surface area contributed by atoms with E-state index in [-0.39, 0.29) is 0 Å². The summed E-state index contributed by atoms with van der Waals surface area (Å²) < 4.78 is 6.03. The van der Waals surface area contributed by atoms with Gasteiger partial charge in [0.05, 0.1) is 5.69 Å². The van der Waals surface area contributed by atoms with E-state index in [4.69, 9.17) is 16.3 Å². The van der Waals surface area contributed by atoms with Gasteiger partial charge in [-0.2, -0.15) is 4.98 Å². The van der Waals surface area contributed by atoms with E-state index in [0.717, 1.165) is 27.8 Å². The van der Waals surface area contributed by atoms with Crippen molar-refractivity contribution in [2.24, 2.45) is 0 Å². The molecule has 0 aliphatic rings. The average Bonchev–Trinajstić information content (AvgIpc) is 2.63. The third-order valence-electron chi connectivity index (χ3n) is 4.25. The van der Waals surface area contributed by atoms with Gasteiger partial charge in [-0.15, -0.1) is 0 Å². The second kappa shape index (κ2) is 8.77. The number of benzene rings is 2. The zero-order chi connectivity index (χ0) is 19.4. The Hall–Kier alpha value is -2.04. The molecule has 0 saturated heterocycles. The van der Waals surface area contributed by atoms with Gasteiger partial charge in [0.15, 0.2) is 5.16 Å². The van der Waals surface area contributed by atoms with Gasteiger partial charge in [0.25, 0.3) is 0 Å². The lowest BCUT2D eigenvalue weighted by atomic mass is 10.1. The maximum absolute atomic E-state index is 6.07. The van der Waals surface area contributed by atoms with Crippen molar-refractivity contribution in [3.63, 3.8) is 0 Å². The molecule has 0 bridgehead atoms. The van der Waals surface area contributed by atoms with Gasteiger partial charge in [-0.3, -0.25) is 0 Å². The van der Waals surface area contributed by atoms with Crippen LogP contribution >= 0.6 is 23.4 Å². The molecule has 0 saturated carbocycles. The summed E-state index contributed by atoms with van der Waals surface area (Å²) in [7, 11) is 0. The molecule has 0 aliphatic heterocycles. The summed E-state index contributed by atoms with van der Waals surface area (Å²) in [6.45, 7) is 8.40. The van der Waals surface area contributed by atoms with Crippen LogP contribution in [0.25, 0.3) is 0 Å². The normalized spacial score (nSPS) is 11.0. The fourth-order valence-electron chi connectivity index (χ4n) is 2.51. The van der Waals surface area contributed by atoms with Gasteiger partial charge in [-0.05, 0) is 60.7 Å². The van der Waals surface area contributed by atoms with Crippen molar-refractivity contribution in [1.82, 2.24) is 9.97 Å². The van der Waals surface area contributed by atoms with Crippen molar-refractivity contribution in [2.75, 3.05) is 0 Å². The Morgan fingerprint density at radius 2 is 1.81 bits per heavy atom. The first-order valence-corrected chi connectivity index (χ1v) is 10.3. The molecule has 1 heterocycles. The van der Waals surface area contributed by atoms with E-state index >= 15 is 0 Å². The summed E-state index contributed by atoms with van der Waals surface area (Å²) in [6, 6.07) is 15.8. The SMILES string of the molecule is Cc1ccc(Oc2cc(C(C)C)nc(SCc3cccc(Cl)c3)n2)cc1C. The van der Waals surface area contributed by atoms with E-state index in [1.54, 1.807) is 11.8 Å². The standard InChI is InChI=1S/C22H23ClN2OS/c1-14(2)20-12-21(26-19-9-8-15(3)16(4)10-19)25-22(24-20)27-13-17-6-5-7-18(23)11-17/h5-12,14H,13H2,1-4H3. The fraction of sp³-hybridized carbons (Fsp3) is 0.273. The number of halogens is 1. The topological polar surface area (TPSA) is 35.0 Å². The molecule has 0 atom stereocenters. The molecule has 3 aromatic rings. The van der Waals surface area contributed by atoms with Crippen molar-refractivity contribution in [3.05, 3.63) is 75.9 Å². The molecule has 0 fully saturated rings. The summed E-state index contributed by atoms with van der Waals surface area (Å²) in [6.07, 6.45) is 0. The Kier molecular flexibility index (Phi) is 6.40. The van der Waals surface area contributed by atoms with Crippen LogP contribution in [0.5, 0.6) is 11.6 Å². The number of hydrogen-bond donors (Lipinski definition) is 0. The van der Waals surface area contributed by atoms with E-state index in [1.807, 2.05) is 36.4 Å². The van der Waals surface area contributed by atoms with Crippen molar-refractivity contribution in [2.45, 2.75) is 44.5 Å². The molecule has 27 heavy (non-hydrogen) atoms. The summed E-state index contributed by atoms with van der Waals surface area (Å²) in [5.41, 5.74) is 4.55. The maximum atomic E-state index is 6.07. The minimum atomic E-state index is 0.292. The first kappa shape index (κ1) is 19.7. The van der Waals surface area contributed by atoms with Crippen LogP contribution in [0, 0.1) is 13.8 Å². The summed E-state index contributed by atoms with van der Waals surface area (Å²) in [4.78, 5) is 9.28. The zero-order valence-corrected chi connectivity index (χ0v) is 17.6. The second-order valence-corrected chi connectivity index (χ2v) is 8.21. The van der Waals surface area contributed by atoms with E-state index in [2.05, 4.69) is 49.8 Å². The molecule has 1 aromatic heterocycles. The number of thioether (sulfide) groups is 1. The predicted octanol–water partition coefficient (Wildman–Crippen LogP) is 6.95. The van der Waals surface area contributed by atoms with Crippen LogP contribution < -0.4 is 4.74 Å². The third-order valence-corrected chi connectivity index (χ3v) is 5.40. The molecule has 5 heteroatoms. The van der Waals surface area contributed by atoms with Crippen LogP contribution in [0.15, 0.2) is 53.7 Å². The van der Waals surface area contributed by atoms with Crippen molar-refractivity contribution in [3.8, 4) is 11.6 Å². The number of hydrogen-bond acceptors (Lipinski definition) is 4. The quantitative estimate of drug-likeness (QED) is 0.332. The first-order valence-electron chi connectivity index (χ1n) is 8.92. The molecule has 2 aromatic carbocycles. The molecule has 0 amide bonds. The smallest absolute Gasteiger partial charge is 0.223 e. The van der Waals surface area contributed by atoms with Crippen LogP contribution in [0.2, 0.25) is 5.02 Å². The van der Waals surface area contributed by atoms with Crippen LogP contribution in [-0.2, 0) is 5.75 Å². The van der Waals surface area contributed by atoms with Crippen molar-refractivity contribution < 1.29 is 4.74 Å². The molecular formula is C22H23ClN2OS. The molecule has 0 N–H and O–H groups in total. The zero-order valence-electron chi connectivity index (χ0n) is 16.0. The molecule has 3 nitrogen and oxygen atoms in total. The highest BCUT2D eigenvalue weighted by atomic mass is 35.5. The fourth-order valence-corrected chi connectivity index (χ4v) is 3.52. The van der Waals surface area contributed by atoms with Crippen LogP contribution in [0.4, 0.5) is 0 Å². The van der Waals surface area contributed by atoms with Gasteiger partial charge < -0.3 is 4.74 Å². The molecule has 3 rings (SSSR count). The summed E-state index contributed by atoms with van der Waals surface area (Å²) >= 11 is 7.66. The Labute approximate surface area is 170 Å². The molecular weight excluding hydrogens is 376 g/mol. The van der Waals surface area contributed by atoms with E-state index in [0.29, 0.717) is 17.0 Å². The third kappa shape index (κ3) is 5.47. The largest absolute Gasteiger partial charge is 0.439 e. The van der Waals surface area contributed by atoms with Crippen LogP contribution in [0.3, 0.4) is 0 Å². The summed E-state index contributed by atoms with van der Waals surface area (Å²) in [5, 5.41) is 1.45. The number of aromatic nitrogens is 2. The lowest BCUT2D eigenvalue weighted by molar-refractivity contribution is 0.452. The lowest BCUT2D eigenvalue weighted by Gasteiger charge is -2.12. The Morgan fingerprint density at radius 3 is 2.52 bits per heavy atom. The average molecular weight is 399 g/mol. The molecule has 140 valence electrons. The number of aryl methyl sites for hydroxylation is 2.